The van der Waals surface area contributed by atoms with Gasteiger partial charge in [0.1, 0.15) is 5.75 Å². The number of rotatable bonds is 8. The maximum Gasteiger partial charge on any atom is 0.315 e. The number of hydrogen-bond donors (Lipinski definition) is 2. The number of nitrogens with one attached hydrogen (secondary N) is 2. The number of amides is 2. The second kappa shape index (κ2) is 9.20. The molecule has 2 rings (SSSR count). The van der Waals surface area contributed by atoms with E-state index in [0.29, 0.717) is 25.6 Å². The zero-order valence-electron chi connectivity index (χ0n) is 13.7. The van der Waals surface area contributed by atoms with Crippen LogP contribution in [0.3, 0.4) is 0 Å². The molecule has 0 saturated heterocycles. The summed E-state index contributed by atoms with van der Waals surface area (Å²) < 4.78 is 5.69. The lowest BCUT2D eigenvalue weighted by molar-refractivity contribution is 0.240. The number of hydrogen-bond acceptors (Lipinski definition) is 3. The molecule has 0 bridgehead atoms. The minimum atomic E-state index is -0.143. The quantitative estimate of drug-likeness (QED) is 0.772. The number of urea groups is 1. The molecule has 5 heteroatoms. The van der Waals surface area contributed by atoms with Crippen molar-refractivity contribution in [1.29, 1.82) is 0 Å². The smallest absolute Gasteiger partial charge is 0.315 e. The van der Waals surface area contributed by atoms with Crippen LogP contribution in [-0.4, -0.2) is 19.2 Å². The van der Waals surface area contributed by atoms with Crippen molar-refractivity contribution in [3.05, 3.63) is 52.2 Å². The van der Waals surface area contributed by atoms with Crippen molar-refractivity contribution in [2.45, 2.75) is 26.8 Å². The first kappa shape index (κ1) is 17.3. The van der Waals surface area contributed by atoms with Crippen LogP contribution in [-0.2, 0) is 13.0 Å². The van der Waals surface area contributed by atoms with Crippen LogP contribution in [0.2, 0.25) is 0 Å². The zero-order valence-corrected chi connectivity index (χ0v) is 14.5. The van der Waals surface area contributed by atoms with Crippen LogP contribution < -0.4 is 15.4 Å². The second-order valence-electron chi connectivity index (χ2n) is 5.79. The van der Waals surface area contributed by atoms with Gasteiger partial charge in [0.25, 0.3) is 0 Å². The van der Waals surface area contributed by atoms with E-state index in [1.165, 1.54) is 4.88 Å². The fourth-order valence-electron chi connectivity index (χ4n) is 2.01. The normalized spacial score (nSPS) is 10.6. The molecule has 124 valence electrons. The fraction of sp³-hybridized carbons (Fsp3) is 0.389. The molecule has 0 spiro atoms. The molecule has 1 aromatic carbocycles. The highest BCUT2D eigenvalue weighted by atomic mass is 32.1. The Balaban J connectivity index is 1.70. The van der Waals surface area contributed by atoms with Crippen molar-refractivity contribution in [1.82, 2.24) is 10.6 Å². The summed E-state index contributed by atoms with van der Waals surface area (Å²) in [6.07, 6.45) is 0.865. The van der Waals surface area contributed by atoms with Crippen LogP contribution in [0.5, 0.6) is 5.75 Å². The van der Waals surface area contributed by atoms with Gasteiger partial charge < -0.3 is 15.4 Å². The highest BCUT2D eigenvalue weighted by molar-refractivity contribution is 7.09. The molecule has 0 aliphatic carbocycles. The van der Waals surface area contributed by atoms with E-state index in [1.54, 1.807) is 11.3 Å². The van der Waals surface area contributed by atoms with Gasteiger partial charge in [-0.05, 0) is 41.5 Å². The third kappa shape index (κ3) is 6.74. The van der Waals surface area contributed by atoms with Crippen molar-refractivity contribution in [3.63, 3.8) is 0 Å². The predicted molar refractivity (Wildman–Crippen MR) is 95.0 cm³/mol. The van der Waals surface area contributed by atoms with E-state index in [1.807, 2.05) is 35.7 Å². The Bertz CT molecular complexity index is 597. The lowest BCUT2D eigenvalue weighted by Crippen LogP contribution is -2.36. The minimum Gasteiger partial charge on any atom is -0.493 e. The molecule has 2 amide bonds. The largest absolute Gasteiger partial charge is 0.493 e. The van der Waals surface area contributed by atoms with Crippen LogP contribution in [0.4, 0.5) is 4.79 Å². The third-order valence-corrected chi connectivity index (χ3v) is 4.11. The highest BCUT2D eigenvalue weighted by Gasteiger charge is 2.03. The molecule has 1 aromatic heterocycles. The summed E-state index contributed by atoms with van der Waals surface area (Å²) in [7, 11) is 0. The van der Waals surface area contributed by atoms with Crippen molar-refractivity contribution in [3.8, 4) is 5.75 Å². The summed E-state index contributed by atoms with van der Waals surface area (Å²) in [6.45, 7) is 6.06. The summed E-state index contributed by atoms with van der Waals surface area (Å²) in [5, 5.41) is 7.79. The monoisotopic (exact) mass is 332 g/mol. The van der Waals surface area contributed by atoms with E-state index in [9.17, 15) is 4.79 Å². The molecule has 0 unspecified atom stereocenters. The fourth-order valence-corrected chi connectivity index (χ4v) is 2.72. The van der Waals surface area contributed by atoms with Crippen LogP contribution in [0.15, 0.2) is 41.8 Å². The first-order chi connectivity index (χ1) is 11.1. The molecule has 1 heterocycles. The minimum absolute atomic E-state index is 0.143. The van der Waals surface area contributed by atoms with Gasteiger partial charge in [-0.3, -0.25) is 0 Å². The SMILES string of the molecule is CC(C)COc1cccc(CNC(=O)NCCc2cccs2)c1. The summed E-state index contributed by atoms with van der Waals surface area (Å²) in [5.74, 6) is 1.34. The van der Waals surface area contributed by atoms with E-state index < -0.39 is 0 Å². The van der Waals surface area contributed by atoms with Crippen LogP contribution in [0.25, 0.3) is 0 Å². The van der Waals surface area contributed by atoms with Crippen molar-refractivity contribution in [2.24, 2.45) is 5.92 Å². The van der Waals surface area contributed by atoms with Gasteiger partial charge in [0.15, 0.2) is 0 Å². The number of carbonyl (C=O) groups excluding carboxylic acids is 1. The average Bonchev–Trinajstić information content (AvgIpc) is 3.05. The average molecular weight is 332 g/mol. The molecule has 0 saturated carbocycles. The Morgan fingerprint density at radius 1 is 1.22 bits per heavy atom. The second-order valence-corrected chi connectivity index (χ2v) is 6.82. The van der Waals surface area contributed by atoms with Crippen LogP contribution >= 0.6 is 11.3 Å². The van der Waals surface area contributed by atoms with E-state index >= 15 is 0 Å². The van der Waals surface area contributed by atoms with Crippen LogP contribution in [0.1, 0.15) is 24.3 Å². The number of thiophene rings is 1. The van der Waals surface area contributed by atoms with Crippen molar-refractivity contribution in [2.75, 3.05) is 13.2 Å². The molecule has 0 fully saturated rings. The lowest BCUT2D eigenvalue weighted by Gasteiger charge is -2.11. The maximum absolute atomic E-state index is 11.8. The summed E-state index contributed by atoms with van der Waals surface area (Å²) in [5.41, 5.74) is 1.03. The molecule has 2 aromatic rings. The topological polar surface area (TPSA) is 50.4 Å². The van der Waals surface area contributed by atoms with Gasteiger partial charge in [-0.1, -0.05) is 32.0 Å². The zero-order chi connectivity index (χ0) is 16.5. The molecule has 0 aliphatic rings. The molecular formula is C18H24N2O2S. The van der Waals surface area contributed by atoms with Crippen molar-refractivity contribution < 1.29 is 9.53 Å². The molecule has 0 aliphatic heterocycles. The first-order valence-electron chi connectivity index (χ1n) is 7.89. The Morgan fingerprint density at radius 3 is 2.83 bits per heavy atom. The Hall–Kier alpha value is -2.01. The first-order valence-corrected chi connectivity index (χ1v) is 8.77. The summed E-state index contributed by atoms with van der Waals surface area (Å²) in [4.78, 5) is 13.1. The van der Waals surface area contributed by atoms with Crippen LogP contribution in [0, 0.1) is 5.92 Å². The molecule has 0 atom stereocenters. The number of benzene rings is 1. The van der Waals surface area contributed by atoms with Gasteiger partial charge in [0.05, 0.1) is 6.61 Å². The molecule has 23 heavy (non-hydrogen) atoms. The molecule has 2 N–H and O–H groups in total. The highest BCUT2D eigenvalue weighted by Crippen LogP contribution is 2.14. The molecule has 0 radical (unpaired) electrons. The summed E-state index contributed by atoms with van der Waals surface area (Å²) in [6, 6.07) is 11.8. The van der Waals surface area contributed by atoms with E-state index in [4.69, 9.17) is 4.74 Å². The van der Waals surface area contributed by atoms with Gasteiger partial charge >= 0.3 is 6.03 Å². The third-order valence-electron chi connectivity index (χ3n) is 3.17. The van der Waals surface area contributed by atoms with Gasteiger partial charge in [0, 0.05) is 18.0 Å². The lowest BCUT2D eigenvalue weighted by atomic mass is 10.2. The van der Waals surface area contributed by atoms with Crippen molar-refractivity contribution >= 4 is 17.4 Å². The predicted octanol–water partition coefficient (Wildman–Crippen LogP) is 3.82. The Labute approximate surface area is 141 Å². The van der Waals surface area contributed by atoms with E-state index in [-0.39, 0.29) is 6.03 Å². The van der Waals surface area contributed by atoms with Gasteiger partial charge in [-0.2, -0.15) is 0 Å². The molecular weight excluding hydrogens is 308 g/mol. The standard InChI is InChI=1S/C18H24N2O2S/c1-14(2)13-22-16-6-3-5-15(11-16)12-20-18(21)19-9-8-17-7-4-10-23-17/h3-7,10-11,14H,8-9,12-13H2,1-2H3,(H2,19,20,21). The van der Waals surface area contributed by atoms with Gasteiger partial charge in [-0.15, -0.1) is 11.3 Å². The van der Waals surface area contributed by atoms with E-state index in [0.717, 1.165) is 17.7 Å². The summed E-state index contributed by atoms with van der Waals surface area (Å²) >= 11 is 1.71. The Kier molecular flexibility index (Phi) is 6.94. The molecule has 4 nitrogen and oxygen atoms in total. The number of ether oxygens (including phenoxy) is 1. The van der Waals surface area contributed by atoms with Gasteiger partial charge in [0.2, 0.25) is 0 Å². The van der Waals surface area contributed by atoms with Gasteiger partial charge in [-0.25, -0.2) is 4.79 Å². The maximum atomic E-state index is 11.8. The number of carbonyl (C=O) groups is 1. The Morgan fingerprint density at radius 2 is 2.09 bits per heavy atom. The van der Waals surface area contributed by atoms with E-state index in [2.05, 4.69) is 30.5 Å².